The van der Waals surface area contributed by atoms with Crippen LogP contribution in [0.3, 0.4) is 0 Å². The number of allylic oxidation sites excluding steroid dienone is 2. The summed E-state index contributed by atoms with van der Waals surface area (Å²) in [5.74, 6) is 0. The molecule has 122 valence electrons. The Balaban J connectivity index is 2.16. The first-order valence-corrected chi connectivity index (χ1v) is 8.03. The molecule has 1 heterocycles. The van der Waals surface area contributed by atoms with Gasteiger partial charge in [0.05, 0.1) is 5.69 Å². The first-order valence-electron chi connectivity index (χ1n) is 8.03. The fourth-order valence-corrected chi connectivity index (χ4v) is 2.84. The monoisotopic (exact) mass is 334 g/mol. The van der Waals surface area contributed by atoms with Crippen LogP contribution >= 0.6 is 0 Å². The molecule has 0 aliphatic rings. The molecule has 4 heteroatoms. The molecule has 0 amide bonds. The SMILES string of the molecule is N#CC(C#N)=C(C#N)c1cc(Cc2ccccc2)c(-c2ccccc2)[nH]1. The number of rotatable bonds is 4. The van der Waals surface area contributed by atoms with Gasteiger partial charge in [-0.3, -0.25) is 0 Å². The molecule has 0 bridgehead atoms. The fourth-order valence-electron chi connectivity index (χ4n) is 2.84. The number of aromatic amines is 1. The minimum Gasteiger partial charge on any atom is -0.354 e. The topological polar surface area (TPSA) is 87.2 Å². The molecule has 3 rings (SSSR count). The van der Waals surface area contributed by atoms with Crippen molar-refractivity contribution in [3.63, 3.8) is 0 Å². The van der Waals surface area contributed by atoms with Gasteiger partial charge in [-0.1, -0.05) is 60.7 Å². The maximum Gasteiger partial charge on any atom is 0.149 e. The van der Waals surface area contributed by atoms with Crippen molar-refractivity contribution in [2.24, 2.45) is 0 Å². The molecule has 1 N–H and O–H groups in total. The van der Waals surface area contributed by atoms with Gasteiger partial charge in [0.15, 0.2) is 0 Å². The number of nitrogens with one attached hydrogen (secondary N) is 1. The van der Waals surface area contributed by atoms with Gasteiger partial charge < -0.3 is 4.98 Å². The van der Waals surface area contributed by atoms with Crippen molar-refractivity contribution in [3.8, 4) is 29.5 Å². The van der Waals surface area contributed by atoms with Crippen molar-refractivity contribution in [3.05, 3.63) is 89.1 Å². The molecule has 26 heavy (non-hydrogen) atoms. The molecule has 0 atom stereocenters. The van der Waals surface area contributed by atoms with E-state index in [1.54, 1.807) is 12.1 Å². The van der Waals surface area contributed by atoms with Gasteiger partial charge in [0.2, 0.25) is 0 Å². The minimum atomic E-state index is -0.195. The van der Waals surface area contributed by atoms with Gasteiger partial charge in [0.1, 0.15) is 29.4 Å². The highest BCUT2D eigenvalue weighted by molar-refractivity contribution is 5.85. The Morgan fingerprint density at radius 2 is 1.42 bits per heavy atom. The molecule has 0 saturated carbocycles. The molecule has 0 aliphatic heterocycles. The lowest BCUT2D eigenvalue weighted by Crippen LogP contribution is -1.89. The molecule has 0 aliphatic carbocycles. The first kappa shape index (κ1) is 16.8. The highest BCUT2D eigenvalue weighted by Gasteiger charge is 2.16. The first-order chi connectivity index (χ1) is 12.8. The van der Waals surface area contributed by atoms with Crippen LogP contribution in [0.1, 0.15) is 16.8 Å². The van der Waals surface area contributed by atoms with Crippen molar-refractivity contribution < 1.29 is 0 Å². The highest BCUT2D eigenvalue weighted by atomic mass is 14.7. The predicted molar refractivity (Wildman–Crippen MR) is 99.2 cm³/mol. The fraction of sp³-hybridized carbons (Fsp3) is 0.0455. The number of nitrogens with zero attached hydrogens (tertiary/aromatic N) is 3. The van der Waals surface area contributed by atoms with Gasteiger partial charge in [-0.15, -0.1) is 0 Å². The summed E-state index contributed by atoms with van der Waals surface area (Å²) in [4.78, 5) is 3.24. The normalized spacial score (nSPS) is 9.58. The van der Waals surface area contributed by atoms with E-state index in [2.05, 4.69) is 4.98 Å². The van der Waals surface area contributed by atoms with Crippen molar-refractivity contribution in [2.45, 2.75) is 6.42 Å². The van der Waals surface area contributed by atoms with Crippen LogP contribution in [0.2, 0.25) is 0 Å². The van der Waals surface area contributed by atoms with Crippen LogP contribution in [0.5, 0.6) is 0 Å². The quantitative estimate of drug-likeness (QED) is 0.707. The Kier molecular flexibility index (Phi) is 4.95. The van der Waals surface area contributed by atoms with E-state index >= 15 is 0 Å². The van der Waals surface area contributed by atoms with Gasteiger partial charge in [-0.2, -0.15) is 15.8 Å². The van der Waals surface area contributed by atoms with Crippen molar-refractivity contribution in [2.75, 3.05) is 0 Å². The van der Waals surface area contributed by atoms with Crippen LogP contribution in [0.15, 0.2) is 72.3 Å². The number of hydrogen-bond donors (Lipinski definition) is 1. The largest absolute Gasteiger partial charge is 0.354 e. The summed E-state index contributed by atoms with van der Waals surface area (Å²) in [6.07, 6.45) is 0.675. The Labute approximate surface area is 151 Å². The maximum atomic E-state index is 9.44. The molecule has 0 fully saturated rings. The van der Waals surface area contributed by atoms with E-state index in [9.17, 15) is 5.26 Å². The molecular weight excluding hydrogens is 320 g/mol. The Morgan fingerprint density at radius 1 is 0.808 bits per heavy atom. The summed E-state index contributed by atoms with van der Waals surface area (Å²) in [7, 11) is 0. The van der Waals surface area contributed by atoms with E-state index in [1.807, 2.05) is 72.8 Å². The van der Waals surface area contributed by atoms with Gasteiger partial charge in [0.25, 0.3) is 0 Å². The summed E-state index contributed by atoms with van der Waals surface area (Å²) in [5, 5.41) is 27.7. The molecule has 4 nitrogen and oxygen atoms in total. The van der Waals surface area contributed by atoms with Crippen molar-refractivity contribution in [1.29, 1.82) is 15.8 Å². The highest BCUT2D eigenvalue weighted by Crippen LogP contribution is 2.29. The zero-order valence-corrected chi connectivity index (χ0v) is 13.9. The second-order valence-electron chi connectivity index (χ2n) is 5.70. The second-order valence-corrected chi connectivity index (χ2v) is 5.70. The molecule has 0 radical (unpaired) electrons. The summed E-state index contributed by atoms with van der Waals surface area (Å²) in [5.41, 5.74) is 4.35. The smallest absolute Gasteiger partial charge is 0.149 e. The standard InChI is InChI=1S/C22H14N4/c23-13-19(14-24)20(15-25)21-12-18(11-16-7-3-1-4-8-16)22(26-21)17-9-5-2-6-10-17/h1-10,12,26H,11H2. The third-order valence-corrected chi connectivity index (χ3v) is 4.05. The summed E-state index contributed by atoms with van der Waals surface area (Å²) in [6, 6.07) is 27.2. The molecule has 2 aromatic carbocycles. The minimum absolute atomic E-state index is 0.0616. The summed E-state index contributed by atoms with van der Waals surface area (Å²) in [6.45, 7) is 0. The van der Waals surface area contributed by atoms with Gasteiger partial charge >= 0.3 is 0 Å². The van der Waals surface area contributed by atoms with Crippen LogP contribution in [0.25, 0.3) is 16.8 Å². The van der Waals surface area contributed by atoms with Crippen LogP contribution in [-0.4, -0.2) is 4.98 Å². The predicted octanol–water partition coefficient (Wildman–Crippen LogP) is 4.60. The number of hydrogen-bond acceptors (Lipinski definition) is 3. The molecular formula is C22H14N4. The zero-order chi connectivity index (χ0) is 18.4. The van der Waals surface area contributed by atoms with E-state index in [1.165, 1.54) is 0 Å². The molecule has 1 aromatic heterocycles. The summed E-state index contributed by atoms with van der Waals surface area (Å²) >= 11 is 0. The lowest BCUT2D eigenvalue weighted by Gasteiger charge is -2.04. The van der Waals surface area contributed by atoms with Gasteiger partial charge in [0, 0.05) is 5.69 Å². The maximum absolute atomic E-state index is 9.44. The van der Waals surface area contributed by atoms with Crippen LogP contribution in [-0.2, 0) is 6.42 Å². The van der Waals surface area contributed by atoms with Crippen molar-refractivity contribution >= 4 is 5.57 Å². The van der Waals surface area contributed by atoms with Crippen LogP contribution in [0, 0.1) is 34.0 Å². The molecule has 0 spiro atoms. The third-order valence-electron chi connectivity index (χ3n) is 4.05. The lowest BCUT2D eigenvalue weighted by molar-refractivity contribution is 1.20. The van der Waals surface area contributed by atoms with Crippen LogP contribution in [0.4, 0.5) is 0 Å². The Morgan fingerprint density at radius 3 is 2.00 bits per heavy atom. The third kappa shape index (κ3) is 3.39. The average molecular weight is 334 g/mol. The number of aromatic nitrogens is 1. The van der Waals surface area contributed by atoms with Gasteiger partial charge in [-0.05, 0) is 29.2 Å². The lowest BCUT2D eigenvalue weighted by atomic mass is 10.0. The zero-order valence-electron chi connectivity index (χ0n) is 13.9. The van der Waals surface area contributed by atoms with E-state index in [0.29, 0.717) is 12.1 Å². The van der Waals surface area contributed by atoms with Gasteiger partial charge in [-0.25, -0.2) is 0 Å². The Hall–Kier alpha value is -4.07. The number of H-pyrrole nitrogens is 1. The summed E-state index contributed by atoms with van der Waals surface area (Å²) < 4.78 is 0. The van der Waals surface area contributed by atoms with E-state index in [4.69, 9.17) is 10.5 Å². The molecule has 3 aromatic rings. The molecule has 0 saturated heterocycles. The van der Waals surface area contributed by atoms with E-state index in [0.717, 1.165) is 22.4 Å². The van der Waals surface area contributed by atoms with E-state index in [-0.39, 0.29) is 11.1 Å². The second kappa shape index (κ2) is 7.67. The average Bonchev–Trinajstić information content (AvgIpc) is 3.10. The van der Waals surface area contributed by atoms with Crippen LogP contribution < -0.4 is 0 Å². The molecule has 0 unspecified atom stereocenters. The Bertz CT molecular complexity index is 1050. The number of benzene rings is 2. The van der Waals surface area contributed by atoms with Crippen molar-refractivity contribution in [1.82, 2.24) is 4.98 Å². The van der Waals surface area contributed by atoms with E-state index < -0.39 is 0 Å². The number of nitriles is 3.